The van der Waals surface area contributed by atoms with Crippen molar-refractivity contribution in [3.8, 4) is 0 Å². The van der Waals surface area contributed by atoms with Gasteiger partial charge in [0.15, 0.2) is 10.5 Å². The Balaban J connectivity index is 2.28. The van der Waals surface area contributed by atoms with Gasteiger partial charge in [0.1, 0.15) is 5.03 Å². The molecule has 0 bridgehead atoms. The average molecular weight is 391 g/mol. The van der Waals surface area contributed by atoms with Crippen molar-refractivity contribution in [3.05, 3.63) is 47.8 Å². The van der Waals surface area contributed by atoms with Crippen molar-refractivity contribution in [2.45, 2.75) is 28.2 Å². The molecule has 0 atom stereocenters. The number of fused-ring (bicyclic) bond motifs is 1. The predicted octanol–water partition coefficient (Wildman–Crippen LogP) is 2.31. The molecule has 0 N–H and O–H groups in total. The van der Waals surface area contributed by atoms with Gasteiger partial charge in [-0.15, -0.1) is 11.8 Å². The Labute approximate surface area is 155 Å². The molecule has 0 radical (unpaired) electrons. The van der Waals surface area contributed by atoms with Crippen LogP contribution in [0.15, 0.2) is 51.2 Å². The van der Waals surface area contributed by atoms with Crippen LogP contribution in [-0.4, -0.2) is 42.4 Å². The highest BCUT2D eigenvalue weighted by Gasteiger charge is 2.29. The van der Waals surface area contributed by atoms with Crippen LogP contribution in [-0.2, 0) is 25.8 Å². The van der Waals surface area contributed by atoms with Gasteiger partial charge >= 0.3 is 5.97 Å². The molecule has 0 aliphatic heterocycles. The molecule has 2 heterocycles. The van der Waals surface area contributed by atoms with E-state index < -0.39 is 15.8 Å². The summed E-state index contributed by atoms with van der Waals surface area (Å²) in [5.74, 6) is -0.446. The highest BCUT2D eigenvalue weighted by molar-refractivity contribution is 7.99. The Hall–Kier alpha value is -2.39. The first-order valence-electron chi connectivity index (χ1n) is 7.68. The number of carbonyl (C=O) groups excluding carboxylic acids is 1. The maximum absolute atomic E-state index is 13.2. The topological polar surface area (TPSA) is 90.6 Å². The number of hydrogen-bond acceptors (Lipinski definition) is 7. The number of carbonyl (C=O) groups is 1. The molecule has 0 saturated carbocycles. The Bertz CT molecular complexity index is 1080. The number of methoxy groups -OCH3 is 1. The van der Waals surface area contributed by atoms with Gasteiger partial charge in [-0.2, -0.15) is 5.10 Å². The molecule has 136 valence electrons. The number of aryl methyl sites for hydroxylation is 1. The first-order valence-corrected chi connectivity index (χ1v) is 10.4. The first-order chi connectivity index (χ1) is 12.4. The van der Waals surface area contributed by atoms with Gasteiger partial charge in [-0.25, -0.2) is 17.9 Å². The molecule has 0 aliphatic carbocycles. The van der Waals surface area contributed by atoms with E-state index in [9.17, 15) is 13.2 Å². The van der Waals surface area contributed by atoms with Crippen molar-refractivity contribution in [3.63, 3.8) is 0 Å². The summed E-state index contributed by atoms with van der Waals surface area (Å²) in [5.41, 5.74) is 1.31. The van der Waals surface area contributed by atoms with E-state index in [-0.39, 0.29) is 21.9 Å². The molecule has 7 nitrogen and oxygen atoms in total. The number of hydrogen-bond donors (Lipinski definition) is 0. The second kappa shape index (κ2) is 7.08. The molecule has 26 heavy (non-hydrogen) atoms. The molecule has 0 unspecified atom stereocenters. The van der Waals surface area contributed by atoms with Crippen LogP contribution in [0.3, 0.4) is 0 Å². The standard InChI is InChI=1S/C17H17N3O4S2/c1-11-9-12(10-14(21)24-2)18-16-15(17(25-3)19-20(11)16)26(22,23)13-7-5-4-6-8-13/h4-9H,10H2,1-3H3. The fourth-order valence-electron chi connectivity index (χ4n) is 2.59. The van der Waals surface area contributed by atoms with Crippen molar-refractivity contribution in [2.75, 3.05) is 13.4 Å². The van der Waals surface area contributed by atoms with Crippen molar-refractivity contribution >= 4 is 33.2 Å². The van der Waals surface area contributed by atoms with Gasteiger partial charge in [-0.05, 0) is 31.4 Å². The van der Waals surface area contributed by atoms with Crippen molar-refractivity contribution in [1.82, 2.24) is 14.6 Å². The van der Waals surface area contributed by atoms with Crippen LogP contribution in [0.25, 0.3) is 5.65 Å². The third-order valence-electron chi connectivity index (χ3n) is 3.82. The zero-order valence-electron chi connectivity index (χ0n) is 14.5. The van der Waals surface area contributed by atoms with Crippen LogP contribution in [0.2, 0.25) is 0 Å². The van der Waals surface area contributed by atoms with E-state index in [1.807, 2.05) is 0 Å². The van der Waals surface area contributed by atoms with E-state index in [1.54, 1.807) is 37.4 Å². The number of ether oxygens (including phenoxy) is 1. The molecule has 3 rings (SSSR count). The van der Waals surface area contributed by atoms with Crippen LogP contribution in [0.1, 0.15) is 11.4 Å². The summed E-state index contributed by atoms with van der Waals surface area (Å²) < 4.78 is 32.5. The molecule has 0 amide bonds. The van der Waals surface area contributed by atoms with Crippen LogP contribution >= 0.6 is 11.8 Å². The van der Waals surface area contributed by atoms with E-state index >= 15 is 0 Å². The largest absolute Gasteiger partial charge is 0.469 e. The van der Waals surface area contributed by atoms with Crippen LogP contribution in [0, 0.1) is 6.92 Å². The number of benzene rings is 1. The Morgan fingerprint density at radius 3 is 2.58 bits per heavy atom. The second-order valence-corrected chi connectivity index (χ2v) is 8.21. The second-order valence-electron chi connectivity index (χ2n) is 5.53. The minimum absolute atomic E-state index is 0.0432. The van der Waals surface area contributed by atoms with E-state index in [0.717, 1.165) is 0 Å². The maximum Gasteiger partial charge on any atom is 0.311 e. The summed E-state index contributed by atoms with van der Waals surface area (Å²) in [6, 6.07) is 9.85. The van der Waals surface area contributed by atoms with Gasteiger partial charge in [0.2, 0.25) is 9.84 Å². The Kier molecular flexibility index (Phi) is 5.01. The normalized spacial score (nSPS) is 11.7. The molecule has 0 aliphatic rings. The number of aromatic nitrogens is 3. The summed E-state index contributed by atoms with van der Waals surface area (Å²) >= 11 is 1.23. The van der Waals surface area contributed by atoms with Crippen LogP contribution in [0.5, 0.6) is 0 Å². The smallest absolute Gasteiger partial charge is 0.311 e. The zero-order chi connectivity index (χ0) is 18.9. The molecule has 0 saturated heterocycles. The fourth-order valence-corrected chi connectivity index (χ4v) is 5.00. The molecular formula is C17H17N3O4S2. The number of nitrogens with zero attached hydrogens (tertiary/aromatic N) is 3. The number of rotatable bonds is 5. The summed E-state index contributed by atoms with van der Waals surface area (Å²) in [6.45, 7) is 1.78. The molecule has 0 spiro atoms. The first kappa shape index (κ1) is 18.4. The van der Waals surface area contributed by atoms with Crippen molar-refractivity contribution in [1.29, 1.82) is 0 Å². The van der Waals surface area contributed by atoms with E-state index in [4.69, 9.17) is 0 Å². The van der Waals surface area contributed by atoms with Gasteiger partial charge < -0.3 is 4.74 Å². The van der Waals surface area contributed by atoms with E-state index in [1.165, 1.54) is 35.5 Å². The van der Waals surface area contributed by atoms with Crippen LogP contribution in [0.4, 0.5) is 0 Å². The maximum atomic E-state index is 13.2. The van der Waals surface area contributed by atoms with E-state index in [2.05, 4.69) is 14.8 Å². The molecule has 2 aromatic heterocycles. The third kappa shape index (κ3) is 3.19. The SMILES string of the molecule is COC(=O)Cc1cc(C)n2nc(SC)c(S(=O)(=O)c3ccccc3)c2n1. The monoisotopic (exact) mass is 391 g/mol. The van der Waals surface area contributed by atoms with Gasteiger partial charge in [0, 0.05) is 5.69 Å². The van der Waals surface area contributed by atoms with Gasteiger partial charge in [0.25, 0.3) is 0 Å². The molecule has 0 fully saturated rings. The lowest BCUT2D eigenvalue weighted by atomic mass is 10.2. The van der Waals surface area contributed by atoms with E-state index in [0.29, 0.717) is 16.4 Å². The summed E-state index contributed by atoms with van der Waals surface area (Å²) in [7, 11) is -2.52. The lowest BCUT2D eigenvalue weighted by Gasteiger charge is -2.06. The minimum atomic E-state index is -3.82. The van der Waals surface area contributed by atoms with Crippen molar-refractivity contribution < 1.29 is 17.9 Å². The van der Waals surface area contributed by atoms with Gasteiger partial charge in [-0.1, -0.05) is 18.2 Å². The van der Waals surface area contributed by atoms with Crippen LogP contribution < -0.4 is 0 Å². The number of esters is 1. The predicted molar refractivity (Wildman–Crippen MR) is 97.1 cm³/mol. The summed E-state index contributed by atoms with van der Waals surface area (Å²) in [5, 5.41) is 4.75. The summed E-state index contributed by atoms with van der Waals surface area (Å²) in [4.78, 5) is 16.2. The Morgan fingerprint density at radius 2 is 1.96 bits per heavy atom. The molecule has 3 aromatic rings. The lowest BCUT2D eigenvalue weighted by molar-refractivity contribution is -0.139. The van der Waals surface area contributed by atoms with Gasteiger partial charge in [0.05, 0.1) is 24.1 Å². The zero-order valence-corrected chi connectivity index (χ0v) is 16.1. The Morgan fingerprint density at radius 1 is 1.27 bits per heavy atom. The molecule has 1 aromatic carbocycles. The van der Waals surface area contributed by atoms with Crippen molar-refractivity contribution in [2.24, 2.45) is 0 Å². The highest BCUT2D eigenvalue weighted by Crippen LogP contribution is 2.32. The quantitative estimate of drug-likeness (QED) is 0.487. The highest BCUT2D eigenvalue weighted by atomic mass is 32.2. The minimum Gasteiger partial charge on any atom is -0.469 e. The number of sulfone groups is 1. The number of thioether (sulfide) groups is 1. The fraction of sp³-hybridized carbons (Fsp3) is 0.235. The third-order valence-corrected chi connectivity index (χ3v) is 6.42. The lowest BCUT2D eigenvalue weighted by Crippen LogP contribution is -2.09. The van der Waals surface area contributed by atoms with Gasteiger partial charge in [-0.3, -0.25) is 4.79 Å². The molecular weight excluding hydrogens is 374 g/mol. The average Bonchev–Trinajstić information content (AvgIpc) is 3.02. The molecule has 9 heteroatoms. The summed E-state index contributed by atoms with van der Waals surface area (Å²) in [6.07, 6.45) is 1.72.